The maximum Gasteiger partial charge on any atom is 0.258 e. The van der Waals surface area contributed by atoms with E-state index in [-0.39, 0.29) is 18.4 Å². The first-order valence-electron chi connectivity index (χ1n) is 7.41. The van der Waals surface area contributed by atoms with Crippen LogP contribution >= 0.6 is 15.9 Å². The average molecular weight is 391 g/mol. The van der Waals surface area contributed by atoms with Crippen LogP contribution in [0.4, 0.5) is 0 Å². The molecule has 1 N–H and O–H groups in total. The molecule has 24 heavy (non-hydrogen) atoms. The van der Waals surface area contributed by atoms with Crippen molar-refractivity contribution < 1.29 is 14.3 Å². The van der Waals surface area contributed by atoms with Gasteiger partial charge in [-0.15, -0.1) is 0 Å². The molecule has 0 saturated heterocycles. The molecule has 0 atom stereocenters. The Morgan fingerprint density at radius 3 is 2.25 bits per heavy atom. The molecular formula is C18H19BrN2O3. The maximum atomic E-state index is 11.8. The summed E-state index contributed by atoms with van der Waals surface area (Å²) in [5, 5.41) is 2.78. The third kappa shape index (κ3) is 5.38. The van der Waals surface area contributed by atoms with Crippen LogP contribution < -0.4 is 10.1 Å². The lowest BCUT2D eigenvalue weighted by Crippen LogP contribution is -2.28. The minimum absolute atomic E-state index is 0.0428. The Kier molecular flexibility index (Phi) is 6.37. The van der Waals surface area contributed by atoms with E-state index in [1.54, 1.807) is 38.4 Å². The van der Waals surface area contributed by atoms with E-state index in [4.69, 9.17) is 4.74 Å². The second kappa shape index (κ2) is 8.49. The third-order valence-electron chi connectivity index (χ3n) is 3.28. The number of hydrogen-bond acceptors (Lipinski definition) is 3. The Hall–Kier alpha value is -2.34. The van der Waals surface area contributed by atoms with Gasteiger partial charge >= 0.3 is 0 Å². The van der Waals surface area contributed by atoms with E-state index in [1.165, 1.54) is 4.90 Å². The Morgan fingerprint density at radius 1 is 1.04 bits per heavy atom. The van der Waals surface area contributed by atoms with Crippen molar-refractivity contribution in [2.45, 2.75) is 6.54 Å². The summed E-state index contributed by atoms with van der Waals surface area (Å²) in [5.74, 6) is 0.389. The fraction of sp³-hybridized carbons (Fsp3) is 0.222. The summed E-state index contributed by atoms with van der Waals surface area (Å²) in [7, 11) is 3.42. The van der Waals surface area contributed by atoms with Crippen molar-refractivity contribution in [3.63, 3.8) is 0 Å². The summed E-state index contributed by atoms with van der Waals surface area (Å²) in [4.78, 5) is 25.1. The van der Waals surface area contributed by atoms with E-state index in [0.717, 1.165) is 10.0 Å². The number of carbonyl (C=O) groups excluding carboxylic acids is 2. The molecule has 2 aromatic rings. The second-order valence-corrected chi connectivity index (χ2v) is 6.33. The minimum atomic E-state index is -0.202. The molecule has 6 heteroatoms. The molecule has 5 nitrogen and oxygen atoms in total. The molecule has 0 aliphatic carbocycles. The normalized spacial score (nSPS) is 10.1. The number of carbonyl (C=O) groups is 2. The van der Waals surface area contributed by atoms with Gasteiger partial charge in [0, 0.05) is 30.7 Å². The smallest absolute Gasteiger partial charge is 0.258 e. The van der Waals surface area contributed by atoms with Gasteiger partial charge in [0.2, 0.25) is 0 Å². The van der Waals surface area contributed by atoms with E-state index < -0.39 is 0 Å². The fourth-order valence-electron chi connectivity index (χ4n) is 1.95. The van der Waals surface area contributed by atoms with Gasteiger partial charge in [-0.05, 0) is 42.0 Å². The summed E-state index contributed by atoms with van der Waals surface area (Å²) in [6.07, 6.45) is 0. The van der Waals surface area contributed by atoms with Crippen LogP contribution in [-0.2, 0) is 11.3 Å². The van der Waals surface area contributed by atoms with Crippen molar-refractivity contribution in [2.24, 2.45) is 0 Å². The van der Waals surface area contributed by atoms with Crippen LogP contribution in [0.25, 0.3) is 0 Å². The molecule has 0 aliphatic rings. The molecule has 0 bridgehead atoms. The number of hydrogen-bond donors (Lipinski definition) is 1. The lowest BCUT2D eigenvalue weighted by molar-refractivity contribution is -0.123. The van der Waals surface area contributed by atoms with Gasteiger partial charge in [-0.3, -0.25) is 9.59 Å². The highest BCUT2D eigenvalue weighted by Crippen LogP contribution is 2.15. The predicted molar refractivity (Wildman–Crippen MR) is 95.9 cm³/mol. The van der Waals surface area contributed by atoms with Crippen molar-refractivity contribution in [1.29, 1.82) is 0 Å². The van der Waals surface area contributed by atoms with Gasteiger partial charge in [0.25, 0.3) is 11.8 Å². The van der Waals surface area contributed by atoms with E-state index in [0.29, 0.717) is 17.9 Å². The van der Waals surface area contributed by atoms with Crippen LogP contribution in [-0.4, -0.2) is 37.4 Å². The summed E-state index contributed by atoms with van der Waals surface area (Å²) in [6.45, 7) is 0.345. The standard InChI is InChI=1S/C18H19BrN2O3/c1-21(2)18(23)14-5-3-13(4-6-14)11-20-17(22)12-24-16-9-7-15(19)8-10-16/h3-10H,11-12H2,1-2H3,(H,20,22). The number of benzene rings is 2. The number of amides is 2. The summed E-state index contributed by atoms with van der Waals surface area (Å²) < 4.78 is 6.36. The maximum absolute atomic E-state index is 11.8. The molecule has 0 unspecified atom stereocenters. The minimum Gasteiger partial charge on any atom is -0.484 e. The third-order valence-corrected chi connectivity index (χ3v) is 3.81. The molecule has 0 fully saturated rings. The molecule has 0 aliphatic heterocycles. The van der Waals surface area contributed by atoms with Crippen LogP contribution in [0.1, 0.15) is 15.9 Å². The van der Waals surface area contributed by atoms with Crippen LogP contribution in [0.5, 0.6) is 5.75 Å². The Morgan fingerprint density at radius 2 is 1.67 bits per heavy atom. The first-order valence-corrected chi connectivity index (χ1v) is 8.20. The highest BCUT2D eigenvalue weighted by molar-refractivity contribution is 9.10. The number of ether oxygens (including phenoxy) is 1. The quantitative estimate of drug-likeness (QED) is 0.824. The molecule has 0 saturated carbocycles. The summed E-state index contributed by atoms with van der Waals surface area (Å²) in [6, 6.07) is 14.4. The van der Waals surface area contributed by atoms with Crippen molar-refractivity contribution in [3.05, 3.63) is 64.1 Å². The highest BCUT2D eigenvalue weighted by Gasteiger charge is 2.08. The van der Waals surface area contributed by atoms with Crippen molar-refractivity contribution >= 4 is 27.7 Å². The molecule has 0 radical (unpaired) electrons. The summed E-state index contributed by atoms with van der Waals surface area (Å²) in [5.41, 5.74) is 1.54. The second-order valence-electron chi connectivity index (χ2n) is 5.42. The molecule has 2 aromatic carbocycles. The fourth-order valence-corrected chi connectivity index (χ4v) is 2.22. The first-order chi connectivity index (χ1) is 11.5. The highest BCUT2D eigenvalue weighted by atomic mass is 79.9. The van der Waals surface area contributed by atoms with Crippen LogP contribution in [0.2, 0.25) is 0 Å². The van der Waals surface area contributed by atoms with Crippen molar-refractivity contribution in [3.8, 4) is 5.75 Å². The van der Waals surface area contributed by atoms with E-state index in [9.17, 15) is 9.59 Å². The Labute approximate surface area is 149 Å². The van der Waals surface area contributed by atoms with Gasteiger partial charge in [-0.2, -0.15) is 0 Å². The van der Waals surface area contributed by atoms with E-state index in [1.807, 2.05) is 24.3 Å². The van der Waals surface area contributed by atoms with Gasteiger partial charge in [-0.1, -0.05) is 28.1 Å². The number of nitrogens with zero attached hydrogens (tertiary/aromatic N) is 1. The molecule has 2 rings (SSSR count). The van der Waals surface area contributed by atoms with Crippen LogP contribution in [0.15, 0.2) is 53.0 Å². The largest absolute Gasteiger partial charge is 0.484 e. The zero-order valence-corrected chi connectivity index (χ0v) is 15.2. The van der Waals surface area contributed by atoms with Gasteiger partial charge in [-0.25, -0.2) is 0 Å². The monoisotopic (exact) mass is 390 g/mol. The average Bonchev–Trinajstić information content (AvgIpc) is 2.59. The molecule has 0 aromatic heterocycles. The molecule has 0 spiro atoms. The van der Waals surface area contributed by atoms with E-state index >= 15 is 0 Å². The summed E-state index contributed by atoms with van der Waals surface area (Å²) >= 11 is 3.34. The van der Waals surface area contributed by atoms with E-state index in [2.05, 4.69) is 21.2 Å². The predicted octanol–water partition coefficient (Wildman–Crippen LogP) is 2.85. The lowest BCUT2D eigenvalue weighted by Gasteiger charge is -2.11. The van der Waals surface area contributed by atoms with Crippen molar-refractivity contribution in [1.82, 2.24) is 10.2 Å². The Bertz CT molecular complexity index is 697. The molecular weight excluding hydrogens is 372 g/mol. The molecule has 0 heterocycles. The van der Waals surface area contributed by atoms with Gasteiger partial charge in [0.05, 0.1) is 0 Å². The van der Waals surface area contributed by atoms with Gasteiger partial charge in [0.15, 0.2) is 6.61 Å². The van der Waals surface area contributed by atoms with Gasteiger partial charge < -0.3 is 15.0 Å². The zero-order valence-electron chi connectivity index (χ0n) is 13.6. The number of halogens is 1. The number of rotatable bonds is 6. The van der Waals surface area contributed by atoms with Crippen molar-refractivity contribution in [2.75, 3.05) is 20.7 Å². The topological polar surface area (TPSA) is 58.6 Å². The van der Waals surface area contributed by atoms with Gasteiger partial charge in [0.1, 0.15) is 5.75 Å². The lowest BCUT2D eigenvalue weighted by atomic mass is 10.1. The zero-order chi connectivity index (χ0) is 17.5. The first kappa shape index (κ1) is 18.0. The SMILES string of the molecule is CN(C)C(=O)c1ccc(CNC(=O)COc2ccc(Br)cc2)cc1. The Balaban J connectivity index is 1.79. The van der Waals surface area contributed by atoms with Crippen LogP contribution in [0.3, 0.4) is 0 Å². The van der Waals surface area contributed by atoms with Crippen LogP contribution in [0, 0.1) is 0 Å². The molecule has 2 amide bonds. The number of nitrogens with one attached hydrogen (secondary N) is 1. The molecule has 126 valence electrons.